The molecule has 14 heavy (non-hydrogen) atoms. The summed E-state index contributed by atoms with van der Waals surface area (Å²) in [6, 6.07) is 1.51. The fraction of sp³-hybridized carbons (Fsp3) is 0.500. The summed E-state index contributed by atoms with van der Waals surface area (Å²) in [6.07, 6.45) is 0.801. The van der Waals surface area contributed by atoms with Gasteiger partial charge < -0.3 is 15.4 Å². The summed E-state index contributed by atoms with van der Waals surface area (Å²) in [5.41, 5.74) is 7.46. The van der Waals surface area contributed by atoms with Gasteiger partial charge in [0, 0.05) is 12.7 Å². The summed E-state index contributed by atoms with van der Waals surface area (Å²) in [5, 5.41) is 8.86. The van der Waals surface area contributed by atoms with Crippen LogP contribution in [0.15, 0.2) is 6.07 Å². The number of aromatic nitrogens is 1. The molecule has 0 aromatic carbocycles. The summed E-state index contributed by atoms with van der Waals surface area (Å²) in [7, 11) is 1.73. The van der Waals surface area contributed by atoms with E-state index in [9.17, 15) is 4.79 Å². The molecule has 1 heterocycles. The van der Waals surface area contributed by atoms with Gasteiger partial charge in [0.1, 0.15) is 5.69 Å². The van der Waals surface area contributed by atoms with E-state index in [1.807, 2.05) is 0 Å². The Bertz CT molecular complexity index is 353. The highest BCUT2D eigenvalue weighted by Crippen LogP contribution is 2.20. The monoisotopic (exact) mass is 196 g/mol. The molecule has 0 unspecified atom stereocenters. The van der Waals surface area contributed by atoms with Crippen LogP contribution < -0.4 is 5.73 Å². The van der Waals surface area contributed by atoms with Crippen molar-refractivity contribution in [1.82, 2.24) is 4.57 Å². The molecule has 4 nitrogen and oxygen atoms in total. The molecule has 1 aromatic rings. The van der Waals surface area contributed by atoms with Gasteiger partial charge in [0.15, 0.2) is 0 Å². The minimum Gasteiger partial charge on any atom is -0.477 e. The molecule has 78 valence electrons. The number of rotatable bonds is 3. The smallest absolute Gasteiger partial charge is 0.352 e. The van der Waals surface area contributed by atoms with Gasteiger partial charge in [-0.15, -0.1) is 0 Å². The summed E-state index contributed by atoms with van der Waals surface area (Å²) in [5.74, 6) is -0.471. The number of nitrogen functional groups attached to an aromatic ring is 1. The zero-order valence-electron chi connectivity index (χ0n) is 8.74. The summed E-state index contributed by atoms with van der Waals surface area (Å²) < 4.78 is 1.65. The average molecular weight is 196 g/mol. The second-order valence-electron chi connectivity index (χ2n) is 3.89. The van der Waals surface area contributed by atoms with E-state index in [1.54, 1.807) is 11.6 Å². The fourth-order valence-corrected chi connectivity index (χ4v) is 1.51. The number of carboxylic acid groups (broad SMARTS) is 1. The van der Waals surface area contributed by atoms with Gasteiger partial charge in [-0.3, -0.25) is 0 Å². The minimum atomic E-state index is -0.936. The van der Waals surface area contributed by atoms with Crippen molar-refractivity contribution < 1.29 is 9.90 Å². The Kier molecular flexibility index (Phi) is 2.84. The molecular weight excluding hydrogens is 180 g/mol. The van der Waals surface area contributed by atoms with Crippen LogP contribution in [0.4, 0.5) is 5.69 Å². The van der Waals surface area contributed by atoms with Crippen molar-refractivity contribution in [2.75, 3.05) is 5.73 Å². The number of aromatic carboxylic acids is 1. The molecule has 0 saturated carbocycles. The van der Waals surface area contributed by atoms with E-state index in [0.717, 1.165) is 12.1 Å². The van der Waals surface area contributed by atoms with Gasteiger partial charge in [-0.25, -0.2) is 4.79 Å². The standard InChI is InChI=1S/C10H16N2O2/c1-6(2)4-8-7(11)5-9(10(13)14)12(8)3/h5-6H,4,11H2,1-3H3,(H,13,14). The highest BCUT2D eigenvalue weighted by molar-refractivity contribution is 5.87. The van der Waals surface area contributed by atoms with Crippen LogP contribution in [0.1, 0.15) is 30.0 Å². The third-order valence-electron chi connectivity index (χ3n) is 2.21. The van der Waals surface area contributed by atoms with Gasteiger partial charge in [0.2, 0.25) is 0 Å². The predicted octanol–water partition coefficient (Wildman–Crippen LogP) is 1.50. The third kappa shape index (κ3) is 1.89. The Morgan fingerprint density at radius 1 is 1.64 bits per heavy atom. The Labute approximate surface area is 83.3 Å². The second kappa shape index (κ2) is 3.74. The van der Waals surface area contributed by atoms with E-state index in [0.29, 0.717) is 11.6 Å². The van der Waals surface area contributed by atoms with Crippen molar-refractivity contribution in [3.05, 3.63) is 17.5 Å². The molecule has 3 N–H and O–H groups in total. The van der Waals surface area contributed by atoms with E-state index in [2.05, 4.69) is 13.8 Å². The Hall–Kier alpha value is -1.45. The van der Waals surface area contributed by atoms with Crippen molar-refractivity contribution in [2.45, 2.75) is 20.3 Å². The molecule has 0 bridgehead atoms. The van der Waals surface area contributed by atoms with Gasteiger partial charge in [0.25, 0.3) is 0 Å². The van der Waals surface area contributed by atoms with E-state index < -0.39 is 5.97 Å². The van der Waals surface area contributed by atoms with E-state index in [-0.39, 0.29) is 5.69 Å². The van der Waals surface area contributed by atoms with E-state index >= 15 is 0 Å². The lowest BCUT2D eigenvalue weighted by molar-refractivity contribution is 0.0686. The summed E-state index contributed by atoms with van der Waals surface area (Å²) in [6.45, 7) is 4.15. The van der Waals surface area contributed by atoms with Crippen LogP contribution in [0.25, 0.3) is 0 Å². The fourth-order valence-electron chi connectivity index (χ4n) is 1.51. The summed E-state index contributed by atoms with van der Waals surface area (Å²) in [4.78, 5) is 10.8. The van der Waals surface area contributed by atoms with Crippen molar-refractivity contribution >= 4 is 11.7 Å². The molecule has 0 aliphatic heterocycles. The van der Waals surface area contributed by atoms with Crippen LogP contribution in [0.3, 0.4) is 0 Å². The predicted molar refractivity (Wildman–Crippen MR) is 55.3 cm³/mol. The number of nitrogens with two attached hydrogens (primary N) is 1. The molecule has 0 radical (unpaired) electrons. The number of hydrogen-bond acceptors (Lipinski definition) is 2. The topological polar surface area (TPSA) is 68.2 Å². The quantitative estimate of drug-likeness (QED) is 0.769. The SMILES string of the molecule is CC(C)Cc1c(N)cc(C(=O)O)n1C. The zero-order chi connectivity index (χ0) is 10.9. The maximum absolute atomic E-state index is 10.8. The van der Waals surface area contributed by atoms with Crippen LogP contribution >= 0.6 is 0 Å². The molecule has 1 rings (SSSR count). The highest BCUT2D eigenvalue weighted by atomic mass is 16.4. The second-order valence-corrected chi connectivity index (χ2v) is 3.89. The molecule has 0 saturated heterocycles. The normalized spacial score (nSPS) is 10.9. The number of carbonyl (C=O) groups is 1. The molecule has 0 amide bonds. The van der Waals surface area contributed by atoms with Gasteiger partial charge in [-0.2, -0.15) is 0 Å². The number of carboxylic acids is 1. The maximum Gasteiger partial charge on any atom is 0.352 e. The first-order valence-corrected chi connectivity index (χ1v) is 4.60. The van der Waals surface area contributed by atoms with E-state index in [1.165, 1.54) is 6.07 Å². The minimum absolute atomic E-state index is 0.248. The highest BCUT2D eigenvalue weighted by Gasteiger charge is 2.15. The number of hydrogen-bond donors (Lipinski definition) is 2. The molecule has 1 aromatic heterocycles. The van der Waals surface area contributed by atoms with Crippen LogP contribution in [-0.2, 0) is 13.5 Å². The van der Waals surface area contributed by atoms with Crippen molar-refractivity contribution in [2.24, 2.45) is 13.0 Å². The Morgan fingerprint density at radius 3 is 2.57 bits per heavy atom. The van der Waals surface area contributed by atoms with Gasteiger partial charge in [0.05, 0.1) is 5.69 Å². The molecule has 0 aliphatic rings. The first-order valence-electron chi connectivity index (χ1n) is 4.60. The van der Waals surface area contributed by atoms with Crippen LogP contribution in [-0.4, -0.2) is 15.6 Å². The largest absolute Gasteiger partial charge is 0.477 e. The molecule has 0 fully saturated rings. The van der Waals surface area contributed by atoms with Crippen LogP contribution in [0, 0.1) is 5.92 Å². The van der Waals surface area contributed by atoms with E-state index in [4.69, 9.17) is 10.8 Å². The van der Waals surface area contributed by atoms with Crippen LogP contribution in [0.5, 0.6) is 0 Å². The Balaban J connectivity index is 3.11. The molecule has 0 atom stereocenters. The molecular formula is C10H16N2O2. The maximum atomic E-state index is 10.8. The van der Waals surface area contributed by atoms with Crippen molar-refractivity contribution in [1.29, 1.82) is 0 Å². The molecule has 0 spiro atoms. The molecule has 4 heteroatoms. The first-order chi connectivity index (χ1) is 6.43. The summed E-state index contributed by atoms with van der Waals surface area (Å²) >= 11 is 0. The van der Waals surface area contributed by atoms with Gasteiger partial charge in [-0.1, -0.05) is 13.8 Å². The van der Waals surface area contributed by atoms with Gasteiger partial charge in [-0.05, 0) is 18.4 Å². The lowest BCUT2D eigenvalue weighted by atomic mass is 10.1. The molecule has 0 aliphatic carbocycles. The van der Waals surface area contributed by atoms with Crippen LogP contribution in [0.2, 0.25) is 0 Å². The number of anilines is 1. The zero-order valence-corrected chi connectivity index (χ0v) is 8.74. The average Bonchev–Trinajstić information content (AvgIpc) is 2.31. The lowest BCUT2D eigenvalue weighted by Gasteiger charge is -2.08. The van der Waals surface area contributed by atoms with Crippen molar-refractivity contribution in [3.63, 3.8) is 0 Å². The number of nitrogens with zero attached hydrogens (tertiary/aromatic N) is 1. The Morgan fingerprint density at radius 2 is 2.21 bits per heavy atom. The lowest BCUT2D eigenvalue weighted by Crippen LogP contribution is -2.09. The van der Waals surface area contributed by atoms with Gasteiger partial charge >= 0.3 is 5.97 Å². The first kappa shape index (κ1) is 10.6. The third-order valence-corrected chi connectivity index (χ3v) is 2.21. The van der Waals surface area contributed by atoms with Crippen molar-refractivity contribution in [3.8, 4) is 0 Å².